The summed E-state index contributed by atoms with van der Waals surface area (Å²) in [5.74, 6) is 1.46. The van der Waals surface area contributed by atoms with E-state index < -0.39 is 5.60 Å². The lowest BCUT2D eigenvalue weighted by Gasteiger charge is -2.38. The predicted octanol–water partition coefficient (Wildman–Crippen LogP) is 2.23. The van der Waals surface area contributed by atoms with E-state index >= 15 is 0 Å². The average molecular weight is 256 g/mol. The minimum absolute atomic E-state index is 0.351. The maximum absolute atomic E-state index is 9.94. The Labute approximate surface area is 113 Å². The van der Waals surface area contributed by atoms with E-state index in [2.05, 4.69) is 18.7 Å². The molecule has 3 N–H and O–H groups in total. The van der Waals surface area contributed by atoms with Gasteiger partial charge in [0.25, 0.3) is 0 Å². The second-order valence-corrected chi connectivity index (χ2v) is 6.65. The summed E-state index contributed by atoms with van der Waals surface area (Å²) in [6.45, 7) is 11.0. The summed E-state index contributed by atoms with van der Waals surface area (Å²) < 4.78 is 0. The van der Waals surface area contributed by atoms with Crippen molar-refractivity contribution in [2.75, 3.05) is 19.6 Å². The average Bonchev–Trinajstić information content (AvgIpc) is 2.29. The van der Waals surface area contributed by atoms with Crippen molar-refractivity contribution in [2.45, 2.75) is 65.0 Å². The molecule has 1 aliphatic carbocycles. The molecule has 3 heteroatoms. The van der Waals surface area contributed by atoms with Gasteiger partial charge in [-0.15, -0.1) is 0 Å². The molecule has 1 fully saturated rings. The van der Waals surface area contributed by atoms with Gasteiger partial charge in [-0.05, 0) is 51.5 Å². The van der Waals surface area contributed by atoms with Crippen molar-refractivity contribution in [3.05, 3.63) is 0 Å². The lowest BCUT2D eigenvalue weighted by atomic mass is 9.77. The maximum atomic E-state index is 9.94. The molecular formula is C15H32N2O. The van der Waals surface area contributed by atoms with Crippen molar-refractivity contribution < 1.29 is 5.11 Å². The zero-order chi connectivity index (χ0) is 13.8. The van der Waals surface area contributed by atoms with Crippen molar-refractivity contribution in [1.82, 2.24) is 4.90 Å². The Balaban J connectivity index is 2.51. The van der Waals surface area contributed by atoms with E-state index in [0.29, 0.717) is 12.0 Å². The van der Waals surface area contributed by atoms with Gasteiger partial charge in [0.1, 0.15) is 0 Å². The van der Waals surface area contributed by atoms with E-state index in [1.807, 2.05) is 13.8 Å². The molecule has 0 aromatic carbocycles. The third kappa shape index (κ3) is 5.25. The largest absolute Gasteiger partial charge is 0.389 e. The minimum atomic E-state index is -0.612. The van der Waals surface area contributed by atoms with Crippen LogP contribution >= 0.6 is 0 Å². The second kappa shape index (κ2) is 6.88. The highest BCUT2D eigenvalue weighted by molar-refractivity contribution is 4.85. The zero-order valence-corrected chi connectivity index (χ0v) is 12.7. The number of nitrogens with two attached hydrogens (primary N) is 1. The topological polar surface area (TPSA) is 49.5 Å². The fraction of sp³-hybridized carbons (Fsp3) is 1.00. The lowest BCUT2D eigenvalue weighted by Crippen LogP contribution is -2.46. The third-order valence-corrected chi connectivity index (χ3v) is 4.28. The predicted molar refractivity (Wildman–Crippen MR) is 77.5 cm³/mol. The standard InChI is InChI=1S/C15H32N2O/c1-5-12-7-8-14(16)13(9-12)10-17(6-2)11-15(3,4)18/h12-14,18H,5-11,16H2,1-4H3. The van der Waals surface area contributed by atoms with Gasteiger partial charge in [0.2, 0.25) is 0 Å². The number of nitrogens with zero attached hydrogens (tertiary/aromatic N) is 1. The molecule has 0 bridgehead atoms. The van der Waals surface area contributed by atoms with Crippen LogP contribution in [0.2, 0.25) is 0 Å². The molecule has 0 radical (unpaired) electrons. The highest BCUT2D eigenvalue weighted by Crippen LogP contribution is 2.31. The van der Waals surface area contributed by atoms with Gasteiger partial charge in [-0.25, -0.2) is 0 Å². The summed E-state index contributed by atoms with van der Waals surface area (Å²) in [6.07, 6.45) is 5.01. The van der Waals surface area contributed by atoms with E-state index in [9.17, 15) is 5.11 Å². The van der Waals surface area contributed by atoms with Crippen LogP contribution in [0.4, 0.5) is 0 Å². The van der Waals surface area contributed by atoms with E-state index in [1.165, 1.54) is 25.7 Å². The van der Waals surface area contributed by atoms with Crippen LogP contribution < -0.4 is 5.73 Å². The smallest absolute Gasteiger partial charge is 0.0718 e. The highest BCUT2D eigenvalue weighted by atomic mass is 16.3. The molecule has 0 aliphatic heterocycles. The maximum Gasteiger partial charge on any atom is 0.0718 e. The quantitative estimate of drug-likeness (QED) is 0.766. The lowest BCUT2D eigenvalue weighted by molar-refractivity contribution is 0.0272. The molecule has 1 rings (SSSR count). The van der Waals surface area contributed by atoms with Crippen LogP contribution in [0, 0.1) is 11.8 Å². The summed E-state index contributed by atoms with van der Waals surface area (Å²) in [5, 5.41) is 9.94. The summed E-state index contributed by atoms with van der Waals surface area (Å²) in [7, 11) is 0. The molecule has 1 saturated carbocycles. The Kier molecular flexibility index (Phi) is 6.09. The minimum Gasteiger partial charge on any atom is -0.389 e. The van der Waals surface area contributed by atoms with Crippen molar-refractivity contribution in [1.29, 1.82) is 0 Å². The third-order valence-electron chi connectivity index (χ3n) is 4.28. The molecule has 0 heterocycles. The molecule has 3 atom stereocenters. The molecule has 3 unspecified atom stereocenters. The van der Waals surface area contributed by atoms with Gasteiger partial charge in [0, 0.05) is 19.1 Å². The summed E-state index contributed by atoms with van der Waals surface area (Å²) in [4.78, 5) is 2.35. The van der Waals surface area contributed by atoms with Crippen LogP contribution in [-0.2, 0) is 0 Å². The number of hydrogen-bond donors (Lipinski definition) is 2. The first kappa shape index (κ1) is 15.9. The molecule has 1 aliphatic rings. The SMILES string of the molecule is CCC1CCC(N)C(CN(CC)CC(C)(C)O)C1. The molecule has 0 amide bonds. The van der Waals surface area contributed by atoms with Gasteiger partial charge in [-0.1, -0.05) is 20.3 Å². The van der Waals surface area contributed by atoms with Crippen LogP contribution in [0.5, 0.6) is 0 Å². The van der Waals surface area contributed by atoms with Crippen molar-refractivity contribution in [2.24, 2.45) is 17.6 Å². The first-order valence-corrected chi connectivity index (χ1v) is 7.56. The monoisotopic (exact) mass is 256 g/mol. The van der Waals surface area contributed by atoms with Crippen molar-refractivity contribution in [3.8, 4) is 0 Å². The van der Waals surface area contributed by atoms with Crippen molar-refractivity contribution >= 4 is 0 Å². The molecule has 0 saturated heterocycles. The van der Waals surface area contributed by atoms with Crippen LogP contribution in [0.3, 0.4) is 0 Å². The Morgan fingerprint density at radius 3 is 2.44 bits per heavy atom. The fourth-order valence-electron chi connectivity index (χ4n) is 3.15. The molecular weight excluding hydrogens is 224 g/mol. The van der Waals surface area contributed by atoms with Crippen LogP contribution in [0.1, 0.15) is 53.4 Å². The Bertz CT molecular complexity index is 237. The molecule has 0 aromatic heterocycles. The van der Waals surface area contributed by atoms with Crippen LogP contribution in [0.15, 0.2) is 0 Å². The molecule has 0 aromatic rings. The van der Waals surface area contributed by atoms with Gasteiger partial charge in [0.05, 0.1) is 5.60 Å². The summed E-state index contributed by atoms with van der Waals surface area (Å²) >= 11 is 0. The van der Waals surface area contributed by atoms with Gasteiger partial charge in [0.15, 0.2) is 0 Å². The summed E-state index contributed by atoms with van der Waals surface area (Å²) in [6, 6.07) is 0.351. The van der Waals surface area contributed by atoms with E-state index in [0.717, 1.165) is 25.6 Å². The number of hydrogen-bond acceptors (Lipinski definition) is 3. The van der Waals surface area contributed by atoms with Gasteiger partial charge < -0.3 is 15.7 Å². The van der Waals surface area contributed by atoms with E-state index in [-0.39, 0.29) is 0 Å². The normalized spacial score (nSPS) is 29.8. The van der Waals surface area contributed by atoms with E-state index in [1.54, 1.807) is 0 Å². The molecule has 0 spiro atoms. The zero-order valence-electron chi connectivity index (χ0n) is 12.7. The van der Waals surface area contributed by atoms with Crippen LogP contribution in [0.25, 0.3) is 0 Å². The molecule has 3 nitrogen and oxygen atoms in total. The summed E-state index contributed by atoms with van der Waals surface area (Å²) in [5.41, 5.74) is 5.66. The van der Waals surface area contributed by atoms with Gasteiger partial charge >= 0.3 is 0 Å². The first-order valence-electron chi connectivity index (χ1n) is 7.56. The fourth-order valence-corrected chi connectivity index (χ4v) is 3.15. The van der Waals surface area contributed by atoms with E-state index in [4.69, 9.17) is 5.73 Å². The second-order valence-electron chi connectivity index (χ2n) is 6.65. The van der Waals surface area contributed by atoms with Crippen molar-refractivity contribution in [3.63, 3.8) is 0 Å². The number of aliphatic hydroxyl groups is 1. The number of likely N-dealkylation sites (N-methyl/N-ethyl adjacent to an activating group) is 1. The van der Waals surface area contributed by atoms with Crippen LogP contribution in [-0.4, -0.2) is 41.3 Å². The first-order chi connectivity index (χ1) is 8.35. The molecule has 108 valence electrons. The highest BCUT2D eigenvalue weighted by Gasteiger charge is 2.29. The Morgan fingerprint density at radius 1 is 1.28 bits per heavy atom. The Hall–Kier alpha value is -0.120. The number of rotatable bonds is 6. The Morgan fingerprint density at radius 2 is 1.94 bits per heavy atom. The van der Waals surface area contributed by atoms with Gasteiger partial charge in [-0.2, -0.15) is 0 Å². The molecule has 18 heavy (non-hydrogen) atoms. The van der Waals surface area contributed by atoms with Gasteiger partial charge in [-0.3, -0.25) is 0 Å².